The summed E-state index contributed by atoms with van der Waals surface area (Å²) in [6.45, 7) is 1.39. The van der Waals surface area contributed by atoms with Gasteiger partial charge in [0.2, 0.25) is 11.8 Å². The first-order chi connectivity index (χ1) is 18.3. The van der Waals surface area contributed by atoms with Crippen molar-refractivity contribution < 1.29 is 27.5 Å². The molecule has 0 saturated heterocycles. The lowest BCUT2D eigenvalue weighted by atomic mass is 10.0. The summed E-state index contributed by atoms with van der Waals surface area (Å²) >= 11 is 0. The summed E-state index contributed by atoms with van der Waals surface area (Å²) in [6.07, 6.45) is 0.198. The summed E-state index contributed by atoms with van der Waals surface area (Å²) in [5.74, 6) is -1.26. The van der Waals surface area contributed by atoms with E-state index >= 15 is 0 Å². The van der Waals surface area contributed by atoms with Crippen LogP contribution in [0.1, 0.15) is 28.4 Å². The molecule has 0 spiro atoms. The van der Waals surface area contributed by atoms with Gasteiger partial charge in [-0.3, -0.25) is 14.4 Å². The Morgan fingerprint density at radius 2 is 1.66 bits per heavy atom. The first-order valence-corrected chi connectivity index (χ1v) is 13.6. The van der Waals surface area contributed by atoms with Gasteiger partial charge in [-0.05, 0) is 42.3 Å². The van der Waals surface area contributed by atoms with Gasteiger partial charge in [0.05, 0.1) is 12.7 Å². The highest BCUT2D eigenvalue weighted by Gasteiger charge is 2.43. The fourth-order valence-electron chi connectivity index (χ4n) is 4.41. The maximum absolute atomic E-state index is 13.8. The van der Waals surface area contributed by atoms with E-state index in [1.54, 1.807) is 37.3 Å². The van der Waals surface area contributed by atoms with Crippen molar-refractivity contribution in [2.45, 2.75) is 30.8 Å². The van der Waals surface area contributed by atoms with Gasteiger partial charge >= 0.3 is 0 Å². The van der Waals surface area contributed by atoms with Gasteiger partial charge in [0, 0.05) is 19.5 Å². The summed E-state index contributed by atoms with van der Waals surface area (Å²) in [7, 11) is -2.68. The van der Waals surface area contributed by atoms with Gasteiger partial charge < -0.3 is 15.0 Å². The molecule has 1 aliphatic heterocycles. The van der Waals surface area contributed by atoms with Crippen LogP contribution >= 0.6 is 0 Å². The Labute approximate surface area is 222 Å². The minimum atomic E-state index is -4.21. The van der Waals surface area contributed by atoms with E-state index in [1.165, 1.54) is 30.2 Å². The number of amides is 3. The van der Waals surface area contributed by atoms with Gasteiger partial charge in [-0.15, -0.1) is 0 Å². The zero-order valence-corrected chi connectivity index (χ0v) is 22.0. The van der Waals surface area contributed by atoms with Crippen LogP contribution < -0.4 is 10.1 Å². The van der Waals surface area contributed by atoms with Gasteiger partial charge in [0.1, 0.15) is 23.2 Å². The monoisotopic (exact) mass is 535 g/mol. The van der Waals surface area contributed by atoms with E-state index in [4.69, 9.17) is 4.74 Å². The predicted molar refractivity (Wildman–Crippen MR) is 141 cm³/mol. The van der Waals surface area contributed by atoms with Crippen molar-refractivity contribution in [2.24, 2.45) is 0 Å². The molecular weight excluding hydrogens is 506 g/mol. The highest BCUT2D eigenvalue weighted by Crippen LogP contribution is 2.30. The predicted octanol–water partition coefficient (Wildman–Crippen LogP) is 2.62. The summed E-state index contributed by atoms with van der Waals surface area (Å²) in [4.78, 5) is 41.3. The molecule has 0 unspecified atom stereocenters. The molecular formula is C28H29N3O6S. The molecule has 38 heavy (non-hydrogen) atoms. The summed E-state index contributed by atoms with van der Waals surface area (Å²) in [6, 6.07) is 21.2. The van der Waals surface area contributed by atoms with E-state index in [0.717, 1.165) is 5.56 Å². The average molecular weight is 536 g/mol. The van der Waals surface area contributed by atoms with Gasteiger partial charge in [0.25, 0.3) is 15.9 Å². The number of methoxy groups -OCH3 is 1. The second kappa shape index (κ2) is 11.5. The van der Waals surface area contributed by atoms with E-state index in [2.05, 4.69) is 5.32 Å². The Bertz CT molecular complexity index is 1440. The number of sulfonamides is 1. The number of carbonyl (C=O) groups excluding carboxylic acids is 3. The third-order valence-corrected chi connectivity index (χ3v) is 8.09. The summed E-state index contributed by atoms with van der Waals surface area (Å²) in [5.41, 5.74) is 1.52. The molecule has 9 nitrogen and oxygen atoms in total. The smallest absolute Gasteiger partial charge is 0.269 e. The first kappa shape index (κ1) is 26.9. The van der Waals surface area contributed by atoms with Crippen molar-refractivity contribution in [3.05, 3.63) is 95.6 Å². The third kappa shape index (κ3) is 5.55. The van der Waals surface area contributed by atoms with E-state index in [0.29, 0.717) is 22.2 Å². The lowest BCUT2D eigenvalue weighted by molar-refractivity contribution is -0.141. The van der Waals surface area contributed by atoms with Crippen molar-refractivity contribution in [1.82, 2.24) is 14.5 Å². The number of hydrogen-bond acceptors (Lipinski definition) is 6. The molecule has 0 aromatic heterocycles. The van der Waals surface area contributed by atoms with Crippen molar-refractivity contribution in [3.63, 3.8) is 0 Å². The lowest BCUT2D eigenvalue weighted by Crippen LogP contribution is -2.53. The van der Waals surface area contributed by atoms with Gasteiger partial charge in [-0.2, -0.15) is 0 Å². The highest BCUT2D eigenvalue weighted by atomic mass is 32.2. The highest BCUT2D eigenvalue weighted by molar-refractivity contribution is 7.90. The average Bonchev–Trinajstić information content (AvgIpc) is 3.12. The van der Waals surface area contributed by atoms with Crippen molar-refractivity contribution in [1.29, 1.82) is 0 Å². The lowest BCUT2D eigenvalue weighted by Gasteiger charge is -2.32. The Hall–Kier alpha value is -4.18. The number of rotatable bonds is 10. The van der Waals surface area contributed by atoms with Gasteiger partial charge in [-0.1, -0.05) is 54.6 Å². The van der Waals surface area contributed by atoms with Crippen molar-refractivity contribution in [2.75, 3.05) is 20.2 Å². The van der Waals surface area contributed by atoms with Crippen LogP contribution in [-0.4, -0.2) is 61.6 Å². The molecule has 198 valence electrons. The quantitative estimate of drug-likeness (QED) is 0.427. The second-order valence-corrected chi connectivity index (χ2v) is 10.6. The molecule has 0 saturated carbocycles. The minimum absolute atomic E-state index is 0.000303. The van der Waals surface area contributed by atoms with Crippen LogP contribution in [-0.2, 0) is 32.6 Å². The number of carbonyl (C=O) groups is 3. The standard InChI is InChI=1S/C28H29N3O6S/c1-3-29-27(33)24(17-20-10-5-4-6-11-20)30(18-21-12-9-13-22(16-21)37-2)26(32)19-31-28(34)23-14-7-8-15-25(23)38(31,35)36/h4-16,24H,3,17-19H2,1-2H3,(H,29,33)/t24-/m1/s1. The molecule has 1 atom stereocenters. The topological polar surface area (TPSA) is 113 Å². The fourth-order valence-corrected chi connectivity index (χ4v) is 5.93. The van der Waals surface area contributed by atoms with Crippen LogP contribution in [0.25, 0.3) is 0 Å². The van der Waals surface area contributed by atoms with Crippen LogP contribution in [0.3, 0.4) is 0 Å². The summed E-state index contributed by atoms with van der Waals surface area (Å²) < 4.78 is 32.1. The first-order valence-electron chi connectivity index (χ1n) is 12.2. The molecule has 0 bridgehead atoms. The minimum Gasteiger partial charge on any atom is -0.497 e. The second-order valence-electron chi connectivity index (χ2n) is 8.79. The number of nitrogens with zero attached hydrogens (tertiary/aromatic N) is 2. The normalized spacial score (nSPS) is 14.5. The number of benzene rings is 3. The molecule has 1 N–H and O–H groups in total. The molecule has 0 aliphatic carbocycles. The van der Waals surface area contributed by atoms with Crippen LogP contribution in [0, 0.1) is 0 Å². The Kier molecular flexibility index (Phi) is 8.11. The van der Waals surface area contributed by atoms with Crippen LogP contribution in [0.15, 0.2) is 83.8 Å². The maximum atomic E-state index is 13.8. The van der Waals surface area contributed by atoms with E-state index in [-0.39, 0.29) is 29.3 Å². The number of likely N-dealkylation sites (N-methyl/N-ethyl adjacent to an activating group) is 1. The Balaban J connectivity index is 1.71. The van der Waals surface area contributed by atoms with Crippen LogP contribution in [0.5, 0.6) is 5.75 Å². The number of hydrogen-bond donors (Lipinski definition) is 1. The molecule has 4 rings (SSSR count). The largest absolute Gasteiger partial charge is 0.497 e. The Morgan fingerprint density at radius 3 is 2.34 bits per heavy atom. The third-order valence-electron chi connectivity index (χ3n) is 6.30. The number of fused-ring (bicyclic) bond motifs is 1. The molecule has 10 heteroatoms. The molecule has 3 aromatic rings. The molecule has 0 radical (unpaired) electrons. The maximum Gasteiger partial charge on any atom is 0.269 e. The van der Waals surface area contributed by atoms with Gasteiger partial charge in [0.15, 0.2) is 0 Å². The number of nitrogens with one attached hydrogen (secondary N) is 1. The SMILES string of the molecule is CCNC(=O)[C@@H](Cc1ccccc1)N(Cc1cccc(OC)c1)C(=O)CN1C(=O)c2ccccc2S1(=O)=O. The molecule has 0 fully saturated rings. The van der Waals surface area contributed by atoms with Crippen molar-refractivity contribution >= 4 is 27.7 Å². The van der Waals surface area contributed by atoms with Crippen LogP contribution in [0.2, 0.25) is 0 Å². The molecule has 3 amide bonds. The summed E-state index contributed by atoms with van der Waals surface area (Å²) in [5, 5.41) is 2.79. The fraction of sp³-hybridized carbons (Fsp3) is 0.250. The zero-order chi connectivity index (χ0) is 27.3. The van der Waals surface area contributed by atoms with E-state index in [1.807, 2.05) is 30.3 Å². The Morgan fingerprint density at radius 1 is 0.974 bits per heavy atom. The van der Waals surface area contributed by atoms with Crippen LogP contribution in [0.4, 0.5) is 0 Å². The molecule has 3 aromatic carbocycles. The molecule has 1 aliphatic rings. The van der Waals surface area contributed by atoms with E-state index in [9.17, 15) is 22.8 Å². The van der Waals surface area contributed by atoms with Gasteiger partial charge in [-0.25, -0.2) is 12.7 Å². The number of ether oxygens (including phenoxy) is 1. The van der Waals surface area contributed by atoms with Crippen molar-refractivity contribution in [3.8, 4) is 5.75 Å². The van der Waals surface area contributed by atoms with E-state index < -0.39 is 34.4 Å². The zero-order valence-electron chi connectivity index (χ0n) is 21.2. The molecule has 1 heterocycles.